The van der Waals surface area contributed by atoms with Crippen molar-refractivity contribution >= 4 is 22.5 Å². The van der Waals surface area contributed by atoms with E-state index in [9.17, 15) is 9.59 Å². The zero-order chi connectivity index (χ0) is 20.9. The van der Waals surface area contributed by atoms with E-state index in [0.29, 0.717) is 17.9 Å². The summed E-state index contributed by atoms with van der Waals surface area (Å²) < 4.78 is 7.39. The molecule has 0 unspecified atom stereocenters. The Balaban J connectivity index is 1.40. The summed E-state index contributed by atoms with van der Waals surface area (Å²) in [7, 11) is 1.70. The van der Waals surface area contributed by atoms with Crippen molar-refractivity contribution in [3.05, 3.63) is 70.5 Å². The van der Waals surface area contributed by atoms with E-state index in [0.717, 1.165) is 36.3 Å². The molecule has 1 fully saturated rings. The van der Waals surface area contributed by atoms with Crippen LogP contribution in [-0.2, 0) is 7.05 Å². The lowest BCUT2D eigenvalue weighted by atomic mass is 10.1. The molecule has 3 aromatic rings. The van der Waals surface area contributed by atoms with Crippen LogP contribution < -0.4 is 15.6 Å². The number of likely N-dealkylation sites (tertiary alicyclic amines) is 1. The molecule has 0 bridgehead atoms. The number of ether oxygens (including phenoxy) is 1. The second-order valence-corrected chi connectivity index (χ2v) is 7.70. The largest absolute Gasteiger partial charge is 0.492 e. The first-order valence-electron chi connectivity index (χ1n) is 10.5. The van der Waals surface area contributed by atoms with E-state index in [2.05, 4.69) is 10.2 Å². The Labute approximate surface area is 176 Å². The van der Waals surface area contributed by atoms with Gasteiger partial charge in [0.1, 0.15) is 12.4 Å². The first-order chi connectivity index (χ1) is 14.6. The summed E-state index contributed by atoms with van der Waals surface area (Å²) in [5.41, 5.74) is 1.55. The number of para-hydroxylation sites is 1. The van der Waals surface area contributed by atoms with Crippen LogP contribution in [0.5, 0.6) is 5.75 Å². The number of nitrogens with one attached hydrogen (secondary N) is 1. The van der Waals surface area contributed by atoms with E-state index in [1.54, 1.807) is 11.6 Å². The SMILES string of the molecule is Cn1c(=O)cc(C(=O)Nc2ccc(OCCN3CCCCC3)cc2)c2ccccc21. The number of hydrogen-bond donors (Lipinski definition) is 1. The summed E-state index contributed by atoms with van der Waals surface area (Å²) >= 11 is 0. The molecular formula is C24H27N3O3. The van der Waals surface area contributed by atoms with Crippen LogP contribution in [0, 0.1) is 0 Å². The van der Waals surface area contributed by atoms with Gasteiger partial charge in [-0.15, -0.1) is 0 Å². The van der Waals surface area contributed by atoms with Crippen LogP contribution in [0.15, 0.2) is 59.4 Å². The fourth-order valence-corrected chi connectivity index (χ4v) is 3.91. The van der Waals surface area contributed by atoms with Crippen molar-refractivity contribution in [3.8, 4) is 5.75 Å². The molecule has 0 radical (unpaired) electrons. The number of amides is 1. The highest BCUT2D eigenvalue weighted by atomic mass is 16.5. The summed E-state index contributed by atoms with van der Waals surface area (Å²) in [4.78, 5) is 27.5. The average Bonchev–Trinajstić information content (AvgIpc) is 2.78. The maximum atomic E-state index is 12.8. The van der Waals surface area contributed by atoms with E-state index in [1.165, 1.54) is 25.3 Å². The first-order valence-corrected chi connectivity index (χ1v) is 10.5. The predicted octanol–water partition coefficient (Wildman–Crippen LogP) is 3.66. The maximum absolute atomic E-state index is 12.8. The third-order valence-electron chi connectivity index (χ3n) is 5.64. The molecule has 1 aliphatic heterocycles. The van der Waals surface area contributed by atoms with Crippen molar-refractivity contribution < 1.29 is 9.53 Å². The number of aromatic nitrogens is 1. The highest BCUT2D eigenvalue weighted by Gasteiger charge is 2.14. The third kappa shape index (κ3) is 4.54. The van der Waals surface area contributed by atoms with Crippen LogP contribution >= 0.6 is 0 Å². The number of fused-ring (bicyclic) bond motifs is 1. The van der Waals surface area contributed by atoms with Gasteiger partial charge in [-0.1, -0.05) is 24.6 Å². The summed E-state index contributed by atoms with van der Waals surface area (Å²) in [6.07, 6.45) is 3.88. The Bertz CT molecular complexity index is 1080. The number of carbonyl (C=O) groups excluding carboxylic acids is 1. The van der Waals surface area contributed by atoms with Gasteiger partial charge in [0.05, 0.1) is 11.1 Å². The van der Waals surface area contributed by atoms with Crippen LogP contribution in [0.2, 0.25) is 0 Å². The Morgan fingerprint density at radius 1 is 1.03 bits per heavy atom. The lowest BCUT2D eigenvalue weighted by Gasteiger charge is -2.26. The number of pyridine rings is 1. The molecule has 1 aromatic heterocycles. The molecule has 6 nitrogen and oxygen atoms in total. The summed E-state index contributed by atoms with van der Waals surface area (Å²) in [5.74, 6) is 0.478. The van der Waals surface area contributed by atoms with Crippen LogP contribution in [0.4, 0.5) is 5.69 Å². The van der Waals surface area contributed by atoms with E-state index < -0.39 is 0 Å². The quantitative estimate of drug-likeness (QED) is 0.680. The molecule has 0 spiro atoms. The molecule has 0 saturated carbocycles. The molecule has 1 saturated heterocycles. The topological polar surface area (TPSA) is 63.6 Å². The van der Waals surface area contributed by atoms with Crippen molar-refractivity contribution in [2.24, 2.45) is 7.05 Å². The standard InChI is InChI=1S/C24H27N3O3/c1-26-22-8-4-3-7-20(22)21(17-23(26)28)24(29)25-18-9-11-19(12-10-18)30-16-15-27-13-5-2-6-14-27/h3-4,7-12,17H,2,5-6,13-16H2,1H3,(H,25,29). The summed E-state index contributed by atoms with van der Waals surface area (Å²) in [6, 6.07) is 16.1. The molecule has 0 atom stereocenters. The number of anilines is 1. The molecule has 30 heavy (non-hydrogen) atoms. The summed E-state index contributed by atoms with van der Waals surface area (Å²) in [6.45, 7) is 3.91. The van der Waals surface area contributed by atoms with Crippen LogP contribution in [0.1, 0.15) is 29.6 Å². The molecule has 2 heterocycles. The molecule has 156 valence electrons. The zero-order valence-corrected chi connectivity index (χ0v) is 17.3. The monoisotopic (exact) mass is 405 g/mol. The number of aryl methyl sites for hydroxylation is 1. The second-order valence-electron chi connectivity index (χ2n) is 7.70. The van der Waals surface area contributed by atoms with Crippen LogP contribution in [0.3, 0.4) is 0 Å². The number of benzene rings is 2. The van der Waals surface area contributed by atoms with Crippen molar-refractivity contribution in [2.75, 3.05) is 31.6 Å². The molecular weight excluding hydrogens is 378 g/mol. The first kappa shape index (κ1) is 20.2. The highest BCUT2D eigenvalue weighted by molar-refractivity contribution is 6.12. The van der Waals surface area contributed by atoms with Gasteiger partial charge in [0.25, 0.3) is 11.5 Å². The van der Waals surface area contributed by atoms with Gasteiger partial charge in [0, 0.05) is 30.7 Å². The lowest BCUT2D eigenvalue weighted by Crippen LogP contribution is -2.33. The maximum Gasteiger partial charge on any atom is 0.256 e. The van der Waals surface area contributed by atoms with Gasteiger partial charge < -0.3 is 14.6 Å². The second kappa shape index (κ2) is 9.13. The molecule has 0 aliphatic carbocycles. The van der Waals surface area contributed by atoms with Crippen LogP contribution in [-0.4, -0.2) is 41.6 Å². The molecule has 2 aromatic carbocycles. The van der Waals surface area contributed by atoms with Crippen LogP contribution in [0.25, 0.3) is 10.9 Å². The van der Waals surface area contributed by atoms with Gasteiger partial charge in [-0.05, 0) is 56.3 Å². The Kier molecular flexibility index (Phi) is 6.14. The van der Waals surface area contributed by atoms with E-state index in [1.807, 2.05) is 48.5 Å². The van der Waals surface area contributed by atoms with Gasteiger partial charge in [-0.3, -0.25) is 14.5 Å². The van der Waals surface area contributed by atoms with Gasteiger partial charge >= 0.3 is 0 Å². The molecule has 6 heteroatoms. The fraction of sp³-hybridized carbons (Fsp3) is 0.333. The normalized spacial score (nSPS) is 14.6. The number of rotatable bonds is 6. The van der Waals surface area contributed by atoms with E-state index in [-0.39, 0.29) is 11.5 Å². The average molecular weight is 405 g/mol. The number of piperidine rings is 1. The Hall–Kier alpha value is -3.12. The smallest absolute Gasteiger partial charge is 0.256 e. The number of hydrogen-bond acceptors (Lipinski definition) is 4. The van der Waals surface area contributed by atoms with E-state index in [4.69, 9.17) is 4.74 Å². The number of carbonyl (C=O) groups is 1. The van der Waals surface area contributed by atoms with Gasteiger partial charge in [-0.2, -0.15) is 0 Å². The van der Waals surface area contributed by atoms with Crippen molar-refractivity contribution in [2.45, 2.75) is 19.3 Å². The van der Waals surface area contributed by atoms with Crippen molar-refractivity contribution in [1.29, 1.82) is 0 Å². The van der Waals surface area contributed by atoms with Gasteiger partial charge in [0.15, 0.2) is 0 Å². The zero-order valence-electron chi connectivity index (χ0n) is 17.3. The molecule has 1 aliphatic rings. The van der Waals surface area contributed by atoms with E-state index >= 15 is 0 Å². The predicted molar refractivity (Wildman–Crippen MR) is 119 cm³/mol. The Morgan fingerprint density at radius 3 is 2.53 bits per heavy atom. The lowest BCUT2D eigenvalue weighted by molar-refractivity contribution is 0.102. The Morgan fingerprint density at radius 2 is 1.77 bits per heavy atom. The molecule has 1 N–H and O–H groups in total. The number of nitrogens with zero attached hydrogens (tertiary/aromatic N) is 2. The minimum Gasteiger partial charge on any atom is -0.492 e. The van der Waals surface area contributed by atoms with Gasteiger partial charge in [0.2, 0.25) is 0 Å². The molecule has 1 amide bonds. The third-order valence-corrected chi connectivity index (χ3v) is 5.64. The van der Waals surface area contributed by atoms with Gasteiger partial charge in [-0.25, -0.2) is 0 Å². The molecule has 4 rings (SSSR count). The summed E-state index contributed by atoms with van der Waals surface area (Å²) in [5, 5.41) is 3.63. The minimum atomic E-state index is -0.303. The van der Waals surface area contributed by atoms with Crippen molar-refractivity contribution in [3.63, 3.8) is 0 Å². The minimum absolute atomic E-state index is 0.212. The fourth-order valence-electron chi connectivity index (χ4n) is 3.91. The van der Waals surface area contributed by atoms with Crippen molar-refractivity contribution in [1.82, 2.24) is 9.47 Å². The highest BCUT2D eigenvalue weighted by Crippen LogP contribution is 2.20.